The zero-order chi connectivity index (χ0) is 15.6. The third kappa shape index (κ3) is 2.61. The van der Waals surface area contributed by atoms with Gasteiger partial charge in [-0.25, -0.2) is 9.67 Å². The second kappa shape index (κ2) is 5.68. The van der Waals surface area contributed by atoms with Crippen molar-refractivity contribution in [3.05, 3.63) is 54.2 Å². The van der Waals surface area contributed by atoms with E-state index in [1.54, 1.807) is 17.1 Å². The van der Waals surface area contributed by atoms with E-state index < -0.39 is 0 Å². The van der Waals surface area contributed by atoms with Gasteiger partial charge in [-0.1, -0.05) is 23.4 Å². The standard InChI is InChI=1S/C16H16N6O/c23-16(13-10-17-15-8-4-5-9-21(13)15)18-14-11-22(20-19-14)12-6-2-1-3-7-12/h1-3,6-7,10-11H,4-5,8-9H2,(H,18,23). The SMILES string of the molecule is O=C(Nc1cn(-c2ccccc2)nn1)c1cnc2n1CCCC2. The minimum Gasteiger partial charge on any atom is -0.324 e. The van der Waals surface area contributed by atoms with Gasteiger partial charge in [-0.3, -0.25) is 4.79 Å². The maximum Gasteiger partial charge on any atom is 0.275 e. The van der Waals surface area contributed by atoms with Gasteiger partial charge < -0.3 is 9.88 Å². The first-order valence-electron chi connectivity index (χ1n) is 7.65. The number of carbonyl (C=O) groups excluding carboxylic acids is 1. The lowest BCUT2D eigenvalue weighted by atomic mass is 10.1. The summed E-state index contributed by atoms with van der Waals surface area (Å²) in [7, 11) is 0. The van der Waals surface area contributed by atoms with Crippen LogP contribution in [-0.4, -0.2) is 30.5 Å². The fourth-order valence-electron chi connectivity index (χ4n) is 2.81. The number of fused-ring (bicyclic) bond motifs is 1. The molecule has 0 saturated carbocycles. The molecule has 7 heteroatoms. The molecule has 2 aromatic heterocycles. The van der Waals surface area contributed by atoms with Crippen LogP contribution in [0.2, 0.25) is 0 Å². The van der Waals surface area contributed by atoms with Gasteiger partial charge >= 0.3 is 0 Å². The molecular formula is C16H16N6O. The topological polar surface area (TPSA) is 77.6 Å². The third-order valence-corrected chi connectivity index (χ3v) is 3.96. The van der Waals surface area contributed by atoms with Crippen LogP contribution in [0.4, 0.5) is 5.82 Å². The Morgan fingerprint density at radius 3 is 2.91 bits per heavy atom. The summed E-state index contributed by atoms with van der Waals surface area (Å²) < 4.78 is 3.61. The molecule has 0 saturated heterocycles. The van der Waals surface area contributed by atoms with Gasteiger partial charge in [-0.2, -0.15) is 0 Å². The van der Waals surface area contributed by atoms with Crippen LogP contribution < -0.4 is 5.32 Å². The van der Waals surface area contributed by atoms with Crippen molar-refractivity contribution in [3.63, 3.8) is 0 Å². The molecule has 0 radical (unpaired) electrons. The largest absolute Gasteiger partial charge is 0.324 e. The molecule has 1 aliphatic rings. The lowest BCUT2D eigenvalue weighted by Crippen LogP contribution is -2.20. The first-order valence-corrected chi connectivity index (χ1v) is 7.65. The van der Waals surface area contributed by atoms with Crippen molar-refractivity contribution in [2.75, 3.05) is 5.32 Å². The Morgan fingerprint density at radius 2 is 2.04 bits per heavy atom. The van der Waals surface area contributed by atoms with Crippen molar-refractivity contribution in [1.29, 1.82) is 0 Å². The lowest BCUT2D eigenvalue weighted by Gasteiger charge is -2.15. The normalized spacial score (nSPS) is 13.6. The molecule has 0 spiro atoms. The van der Waals surface area contributed by atoms with Gasteiger partial charge in [0.1, 0.15) is 11.5 Å². The summed E-state index contributed by atoms with van der Waals surface area (Å²) >= 11 is 0. The second-order valence-corrected chi connectivity index (χ2v) is 5.51. The molecule has 0 aliphatic carbocycles. The van der Waals surface area contributed by atoms with E-state index in [0.717, 1.165) is 37.3 Å². The van der Waals surface area contributed by atoms with Crippen LogP contribution >= 0.6 is 0 Å². The molecule has 1 aliphatic heterocycles. The molecule has 3 heterocycles. The maximum absolute atomic E-state index is 12.4. The Morgan fingerprint density at radius 1 is 1.17 bits per heavy atom. The summed E-state index contributed by atoms with van der Waals surface area (Å²) in [5.41, 5.74) is 1.47. The highest BCUT2D eigenvalue weighted by Gasteiger charge is 2.19. The number of imidazole rings is 1. The molecule has 7 nitrogen and oxygen atoms in total. The monoisotopic (exact) mass is 308 g/mol. The van der Waals surface area contributed by atoms with E-state index in [1.807, 2.05) is 34.9 Å². The fourth-order valence-corrected chi connectivity index (χ4v) is 2.81. The Labute approximate surface area is 133 Å². The highest BCUT2D eigenvalue weighted by atomic mass is 16.2. The Hall–Kier alpha value is -2.96. The van der Waals surface area contributed by atoms with Gasteiger partial charge in [0.15, 0.2) is 5.82 Å². The highest BCUT2D eigenvalue weighted by molar-refractivity contribution is 6.02. The minimum atomic E-state index is -0.203. The minimum absolute atomic E-state index is 0.203. The number of para-hydroxylation sites is 1. The van der Waals surface area contributed by atoms with Crippen LogP contribution in [0.25, 0.3) is 5.69 Å². The van der Waals surface area contributed by atoms with E-state index in [1.165, 1.54) is 0 Å². The number of amides is 1. The second-order valence-electron chi connectivity index (χ2n) is 5.51. The average Bonchev–Trinajstić information content (AvgIpc) is 3.22. The van der Waals surface area contributed by atoms with Crippen molar-refractivity contribution in [3.8, 4) is 5.69 Å². The summed E-state index contributed by atoms with van der Waals surface area (Å²) in [5, 5.41) is 10.8. The van der Waals surface area contributed by atoms with Gasteiger partial charge in [-0.15, -0.1) is 5.10 Å². The van der Waals surface area contributed by atoms with Crippen LogP contribution in [0, 0.1) is 0 Å². The van der Waals surface area contributed by atoms with Crippen molar-refractivity contribution in [2.24, 2.45) is 0 Å². The van der Waals surface area contributed by atoms with E-state index in [2.05, 4.69) is 20.6 Å². The van der Waals surface area contributed by atoms with E-state index in [0.29, 0.717) is 11.5 Å². The summed E-state index contributed by atoms with van der Waals surface area (Å²) in [6, 6.07) is 9.63. The first-order chi connectivity index (χ1) is 11.3. The van der Waals surface area contributed by atoms with Crippen molar-refractivity contribution in [1.82, 2.24) is 24.5 Å². The summed E-state index contributed by atoms with van der Waals surface area (Å²) in [4.78, 5) is 16.8. The number of aryl methyl sites for hydroxylation is 1. The molecule has 23 heavy (non-hydrogen) atoms. The van der Waals surface area contributed by atoms with Gasteiger partial charge in [0, 0.05) is 13.0 Å². The number of anilines is 1. The maximum atomic E-state index is 12.4. The van der Waals surface area contributed by atoms with Gasteiger partial charge in [0.25, 0.3) is 5.91 Å². The van der Waals surface area contributed by atoms with Crippen LogP contribution in [-0.2, 0) is 13.0 Å². The molecule has 0 fully saturated rings. The zero-order valence-electron chi connectivity index (χ0n) is 12.5. The molecule has 4 rings (SSSR count). The molecule has 116 valence electrons. The van der Waals surface area contributed by atoms with Crippen LogP contribution in [0.15, 0.2) is 42.7 Å². The number of benzene rings is 1. The lowest BCUT2D eigenvalue weighted by molar-refractivity contribution is 0.101. The summed E-state index contributed by atoms with van der Waals surface area (Å²) in [6.07, 6.45) is 6.47. The number of nitrogens with zero attached hydrogens (tertiary/aromatic N) is 5. The molecule has 0 unspecified atom stereocenters. The van der Waals surface area contributed by atoms with Crippen LogP contribution in [0.5, 0.6) is 0 Å². The van der Waals surface area contributed by atoms with Crippen molar-refractivity contribution in [2.45, 2.75) is 25.8 Å². The molecule has 1 N–H and O–H groups in total. The fraction of sp³-hybridized carbons (Fsp3) is 0.250. The molecule has 1 aromatic carbocycles. The average molecular weight is 308 g/mol. The molecular weight excluding hydrogens is 292 g/mol. The van der Waals surface area contributed by atoms with E-state index in [-0.39, 0.29) is 5.91 Å². The molecule has 3 aromatic rings. The van der Waals surface area contributed by atoms with Gasteiger partial charge in [0.2, 0.25) is 0 Å². The molecule has 1 amide bonds. The number of aromatic nitrogens is 5. The molecule has 0 bridgehead atoms. The predicted molar refractivity (Wildman–Crippen MR) is 84.5 cm³/mol. The third-order valence-electron chi connectivity index (χ3n) is 3.96. The number of carbonyl (C=O) groups is 1. The Kier molecular flexibility index (Phi) is 3.38. The van der Waals surface area contributed by atoms with Gasteiger partial charge in [0.05, 0.1) is 18.1 Å². The van der Waals surface area contributed by atoms with E-state index in [9.17, 15) is 4.79 Å². The van der Waals surface area contributed by atoms with Gasteiger partial charge in [-0.05, 0) is 25.0 Å². The van der Waals surface area contributed by atoms with E-state index in [4.69, 9.17) is 0 Å². The first kappa shape index (κ1) is 13.7. The predicted octanol–water partition coefficient (Wildman–Crippen LogP) is 2.05. The Bertz CT molecular complexity index is 835. The quantitative estimate of drug-likeness (QED) is 0.803. The number of rotatable bonds is 3. The summed E-state index contributed by atoms with van der Waals surface area (Å²) in [5.74, 6) is 1.20. The summed E-state index contributed by atoms with van der Waals surface area (Å²) in [6.45, 7) is 0.842. The highest BCUT2D eigenvalue weighted by Crippen LogP contribution is 2.17. The van der Waals surface area contributed by atoms with Crippen molar-refractivity contribution >= 4 is 11.7 Å². The van der Waals surface area contributed by atoms with Crippen LogP contribution in [0.3, 0.4) is 0 Å². The van der Waals surface area contributed by atoms with Crippen LogP contribution in [0.1, 0.15) is 29.2 Å². The number of hydrogen-bond donors (Lipinski definition) is 1. The number of nitrogens with one attached hydrogen (secondary N) is 1. The van der Waals surface area contributed by atoms with Crippen molar-refractivity contribution < 1.29 is 4.79 Å². The Balaban J connectivity index is 1.53. The zero-order valence-corrected chi connectivity index (χ0v) is 12.5. The van der Waals surface area contributed by atoms with E-state index >= 15 is 0 Å². The molecule has 0 atom stereocenters. The number of hydrogen-bond acceptors (Lipinski definition) is 4. The smallest absolute Gasteiger partial charge is 0.275 e.